The van der Waals surface area contributed by atoms with Crippen molar-refractivity contribution in [2.24, 2.45) is 0 Å². The summed E-state index contributed by atoms with van der Waals surface area (Å²) in [6.45, 7) is 0. The molecule has 0 unspecified atom stereocenters. The Hall–Kier alpha value is -3.38. The van der Waals surface area contributed by atoms with Gasteiger partial charge in [0, 0.05) is 10.9 Å². The normalized spacial score (nSPS) is 10.5. The van der Waals surface area contributed by atoms with Gasteiger partial charge in [-0.05, 0) is 48.5 Å². The van der Waals surface area contributed by atoms with Crippen molar-refractivity contribution in [3.63, 3.8) is 0 Å². The number of rotatable bonds is 5. The maximum absolute atomic E-state index is 12.0. The summed E-state index contributed by atoms with van der Waals surface area (Å²) in [5.74, 6) is 1.48. The second-order valence-corrected chi connectivity index (χ2v) is 6.27. The molecule has 128 valence electrons. The zero-order valence-corrected chi connectivity index (χ0v) is 14.4. The van der Waals surface area contributed by atoms with E-state index >= 15 is 0 Å². The summed E-state index contributed by atoms with van der Waals surface area (Å²) in [5.41, 5.74) is 1.73. The number of nitrogens with one attached hydrogen (secondary N) is 1. The first kappa shape index (κ1) is 16.1. The van der Waals surface area contributed by atoms with Gasteiger partial charge in [-0.25, -0.2) is 4.98 Å². The molecule has 4 aromatic rings. The number of furan rings is 1. The summed E-state index contributed by atoms with van der Waals surface area (Å²) in [6.07, 6.45) is 1.46. The highest BCUT2D eigenvalue weighted by Crippen LogP contribution is 2.28. The van der Waals surface area contributed by atoms with E-state index in [2.05, 4.69) is 10.3 Å². The molecule has 0 saturated carbocycles. The number of benzene rings is 2. The molecule has 0 aliphatic rings. The standard InChI is InChI=1S/C20H14N2O3S/c23-19(18-7-4-12-24-18)22-20-21-17(13-26-20)14-8-10-16(11-9-14)25-15-5-2-1-3-6-15/h1-13H,(H,21,22,23). The molecule has 1 amide bonds. The van der Waals surface area contributed by atoms with E-state index in [1.165, 1.54) is 17.6 Å². The van der Waals surface area contributed by atoms with Crippen LogP contribution in [0.2, 0.25) is 0 Å². The minimum Gasteiger partial charge on any atom is -0.459 e. The first-order valence-electron chi connectivity index (χ1n) is 7.92. The van der Waals surface area contributed by atoms with E-state index < -0.39 is 0 Å². The van der Waals surface area contributed by atoms with Crippen molar-refractivity contribution in [1.82, 2.24) is 4.98 Å². The van der Waals surface area contributed by atoms with E-state index in [9.17, 15) is 4.79 Å². The molecule has 2 aromatic carbocycles. The van der Waals surface area contributed by atoms with Gasteiger partial charge in [0.15, 0.2) is 10.9 Å². The third kappa shape index (κ3) is 3.65. The fourth-order valence-electron chi connectivity index (χ4n) is 2.35. The number of ether oxygens (including phenoxy) is 1. The Balaban J connectivity index is 1.45. The van der Waals surface area contributed by atoms with Crippen LogP contribution in [0, 0.1) is 0 Å². The second kappa shape index (κ2) is 7.25. The number of anilines is 1. The van der Waals surface area contributed by atoms with Crippen LogP contribution in [0.3, 0.4) is 0 Å². The van der Waals surface area contributed by atoms with E-state index in [0.29, 0.717) is 5.13 Å². The first-order valence-corrected chi connectivity index (χ1v) is 8.79. The maximum Gasteiger partial charge on any atom is 0.293 e. The van der Waals surface area contributed by atoms with Gasteiger partial charge in [0.05, 0.1) is 12.0 Å². The number of nitrogens with zero attached hydrogens (tertiary/aromatic N) is 1. The summed E-state index contributed by atoms with van der Waals surface area (Å²) in [5, 5.41) is 5.14. The number of amides is 1. The number of carbonyl (C=O) groups is 1. The second-order valence-electron chi connectivity index (χ2n) is 5.41. The van der Waals surface area contributed by atoms with Gasteiger partial charge in [0.25, 0.3) is 5.91 Å². The Morgan fingerprint density at radius 3 is 2.46 bits per heavy atom. The van der Waals surface area contributed by atoms with Gasteiger partial charge in [-0.2, -0.15) is 0 Å². The highest BCUT2D eigenvalue weighted by Gasteiger charge is 2.12. The van der Waals surface area contributed by atoms with Gasteiger partial charge >= 0.3 is 0 Å². The van der Waals surface area contributed by atoms with Gasteiger partial charge in [-0.15, -0.1) is 11.3 Å². The van der Waals surface area contributed by atoms with Crippen molar-refractivity contribution in [1.29, 1.82) is 0 Å². The van der Waals surface area contributed by atoms with Crippen LogP contribution < -0.4 is 10.1 Å². The van der Waals surface area contributed by atoms with Crippen LogP contribution in [0.1, 0.15) is 10.6 Å². The molecule has 0 aliphatic carbocycles. The van der Waals surface area contributed by atoms with Crippen molar-refractivity contribution in [3.8, 4) is 22.8 Å². The molecule has 0 saturated heterocycles. The monoisotopic (exact) mass is 362 g/mol. The number of thiazole rings is 1. The largest absolute Gasteiger partial charge is 0.459 e. The van der Waals surface area contributed by atoms with E-state index in [4.69, 9.17) is 9.15 Å². The molecule has 4 rings (SSSR count). The van der Waals surface area contributed by atoms with Crippen LogP contribution in [-0.2, 0) is 0 Å². The molecule has 1 N–H and O–H groups in total. The first-order chi connectivity index (χ1) is 12.8. The topological polar surface area (TPSA) is 64.4 Å². The molecule has 5 nitrogen and oxygen atoms in total. The Morgan fingerprint density at radius 1 is 0.962 bits per heavy atom. The summed E-state index contributed by atoms with van der Waals surface area (Å²) in [6, 6.07) is 20.5. The number of carbonyl (C=O) groups excluding carboxylic acids is 1. The lowest BCUT2D eigenvalue weighted by molar-refractivity contribution is 0.0996. The lowest BCUT2D eigenvalue weighted by atomic mass is 10.2. The molecule has 26 heavy (non-hydrogen) atoms. The van der Waals surface area contributed by atoms with Crippen LogP contribution in [-0.4, -0.2) is 10.9 Å². The van der Waals surface area contributed by atoms with Crippen LogP contribution in [0.15, 0.2) is 82.8 Å². The number of hydrogen-bond acceptors (Lipinski definition) is 5. The summed E-state index contributed by atoms with van der Waals surface area (Å²) in [7, 11) is 0. The average Bonchev–Trinajstić information content (AvgIpc) is 3.35. The quantitative estimate of drug-likeness (QED) is 0.513. The maximum atomic E-state index is 12.0. The minimum atomic E-state index is -0.317. The number of aromatic nitrogens is 1. The minimum absolute atomic E-state index is 0.254. The van der Waals surface area contributed by atoms with E-state index in [1.54, 1.807) is 12.1 Å². The van der Waals surface area contributed by atoms with Gasteiger partial charge in [0.1, 0.15) is 11.5 Å². The molecular weight excluding hydrogens is 348 g/mol. The SMILES string of the molecule is O=C(Nc1nc(-c2ccc(Oc3ccccc3)cc2)cs1)c1ccco1. The van der Waals surface area contributed by atoms with E-state index in [-0.39, 0.29) is 11.7 Å². The van der Waals surface area contributed by atoms with Crippen molar-refractivity contribution in [3.05, 3.63) is 84.1 Å². The predicted molar refractivity (Wildman–Crippen MR) is 101 cm³/mol. The van der Waals surface area contributed by atoms with Crippen LogP contribution in [0.4, 0.5) is 5.13 Å². The number of hydrogen-bond donors (Lipinski definition) is 1. The Kier molecular flexibility index (Phi) is 4.49. The molecular formula is C20H14N2O3S. The van der Waals surface area contributed by atoms with Crippen molar-refractivity contribution >= 4 is 22.4 Å². The lowest BCUT2D eigenvalue weighted by Crippen LogP contribution is -2.10. The fraction of sp³-hybridized carbons (Fsp3) is 0. The van der Waals surface area contributed by atoms with Crippen molar-refractivity contribution in [2.45, 2.75) is 0 Å². The van der Waals surface area contributed by atoms with Crippen molar-refractivity contribution in [2.75, 3.05) is 5.32 Å². The fourth-order valence-corrected chi connectivity index (χ4v) is 3.06. The third-order valence-corrected chi connectivity index (χ3v) is 4.36. The van der Waals surface area contributed by atoms with E-state index in [1.807, 2.05) is 60.0 Å². The van der Waals surface area contributed by atoms with E-state index in [0.717, 1.165) is 22.8 Å². The number of para-hydroxylation sites is 1. The van der Waals surface area contributed by atoms with Gasteiger partial charge in [-0.1, -0.05) is 18.2 Å². The zero-order chi connectivity index (χ0) is 17.8. The molecule has 2 heterocycles. The molecule has 0 aliphatic heterocycles. The molecule has 0 atom stereocenters. The summed E-state index contributed by atoms with van der Waals surface area (Å²) < 4.78 is 10.9. The smallest absolute Gasteiger partial charge is 0.293 e. The van der Waals surface area contributed by atoms with Crippen molar-refractivity contribution < 1.29 is 13.9 Å². The Morgan fingerprint density at radius 2 is 1.73 bits per heavy atom. The molecule has 6 heteroatoms. The molecule has 0 fully saturated rings. The molecule has 0 radical (unpaired) electrons. The van der Waals surface area contributed by atoms with Crippen LogP contribution in [0.5, 0.6) is 11.5 Å². The lowest BCUT2D eigenvalue weighted by Gasteiger charge is -2.05. The third-order valence-electron chi connectivity index (χ3n) is 3.60. The molecule has 0 spiro atoms. The van der Waals surface area contributed by atoms with Gasteiger partial charge in [-0.3, -0.25) is 10.1 Å². The molecule has 0 bridgehead atoms. The highest BCUT2D eigenvalue weighted by atomic mass is 32.1. The highest BCUT2D eigenvalue weighted by molar-refractivity contribution is 7.14. The van der Waals surface area contributed by atoms with Crippen LogP contribution in [0.25, 0.3) is 11.3 Å². The zero-order valence-electron chi connectivity index (χ0n) is 13.6. The molecule has 2 aromatic heterocycles. The Labute approximate surface area is 153 Å². The average molecular weight is 362 g/mol. The summed E-state index contributed by atoms with van der Waals surface area (Å²) in [4.78, 5) is 16.4. The Bertz CT molecular complexity index is 993. The van der Waals surface area contributed by atoms with Crippen LogP contribution >= 0.6 is 11.3 Å². The van der Waals surface area contributed by atoms with Gasteiger partial charge in [0.2, 0.25) is 0 Å². The predicted octanol–water partition coefficient (Wildman–Crippen LogP) is 5.45. The van der Waals surface area contributed by atoms with Gasteiger partial charge < -0.3 is 9.15 Å². The summed E-state index contributed by atoms with van der Waals surface area (Å²) >= 11 is 1.36.